The number of hydrogen-bond donors (Lipinski definition) is 2. The van der Waals surface area contributed by atoms with E-state index in [0.717, 1.165) is 22.5 Å². The van der Waals surface area contributed by atoms with E-state index in [-0.39, 0.29) is 6.17 Å². The lowest BCUT2D eigenvalue weighted by Gasteiger charge is -2.18. The van der Waals surface area contributed by atoms with Crippen LogP contribution in [-0.2, 0) is 0 Å². The second kappa shape index (κ2) is 8.26. The van der Waals surface area contributed by atoms with Gasteiger partial charge in [0.25, 0.3) is 0 Å². The van der Waals surface area contributed by atoms with E-state index in [9.17, 15) is 0 Å². The number of anilines is 1. The van der Waals surface area contributed by atoms with Gasteiger partial charge in [-0.15, -0.1) is 0 Å². The molecule has 0 radical (unpaired) electrons. The molecule has 1 heterocycles. The average molecular weight is 386 g/mol. The Morgan fingerprint density at radius 2 is 1.36 bits per heavy atom. The maximum atomic E-state index is 6.33. The van der Waals surface area contributed by atoms with E-state index >= 15 is 0 Å². The van der Waals surface area contributed by atoms with Crippen molar-refractivity contribution in [2.24, 2.45) is 5.73 Å². The molecule has 0 spiro atoms. The molecule has 4 rings (SSSR count). The second-order valence-electron chi connectivity index (χ2n) is 6.52. The van der Waals surface area contributed by atoms with Crippen LogP contribution < -0.4 is 11.1 Å². The third-order valence-corrected chi connectivity index (χ3v) is 4.88. The molecule has 1 unspecified atom stereocenters. The fraction of sp³-hybridized carbons (Fsp3) is 0.0417. The van der Waals surface area contributed by atoms with E-state index in [1.807, 2.05) is 54.6 Å². The van der Waals surface area contributed by atoms with Gasteiger partial charge in [-0.05, 0) is 46.5 Å². The van der Waals surface area contributed by atoms with E-state index in [1.165, 1.54) is 11.1 Å². The molecule has 0 aliphatic heterocycles. The summed E-state index contributed by atoms with van der Waals surface area (Å²) in [5.41, 5.74) is 11.7. The normalized spacial score (nSPS) is 11.8. The van der Waals surface area contributed by atoms with Crippen LogP contribution in [0.25, 0.3) is 22.3 Å². The number of hydrogen-bond acceptors (Lipinski definition) is 3. The first-order valence-electron chi connectivity index (χ1n) is 9.09. The predicted octanol–water partition coefficient (Wildman–Crippen LogP) is 6.14. The molecule has 0 saturated heterocycles. The Bertz CT molecular complexity index is 1050. The minimum atomic E-state index is -0.380. The van der Waals surface area contributed by atoms with Crippen LogP contribution in [-0.4, -0.2) is 4.98 Å². The van der Waals surface area contributed by atoms with Crippen molar-refractivity contribution in [3.8, 4) is 22.3 Å². The van der Waals surface area contributed by atoms with Crippen LogP contribution in [0.15, 0.2) is 97.2 Å². The summed E-state index contributed by atoms with van der Waals surface area (Å²) >= 11 is 5.97. The van der Waals surface area contributed by atoms with Gasteiger partial charge in [-0.3, -0.25) is 0 Å². The Morgan fingerprint density at radius 1 is 0.714 bits per heavy atom. The number of benzene rings is 3. The minimum absolute atomic E-state index is 0.380. The van der Waals surface area contributed by atoms with Crippen molar-refractivity contribution >= 4 is 17.4 Å². The molecule has 4 heteroatoms. The average Bonchev–Trinajstić information content (AvgIpc) is 2.75. The van der Waals surface area contributed by atoms with Crippen LogP contribution in [0, 0.1) is 0 Å². The van der Waals surface area contributed by atoms with Crippen molar-refractivity contribution in [2.75, 3.05) is 5.32 Å². The third kappa shape index (κ3) is 4.06. The fourth-order valence-corrected chi connectivity index (χ4v) is 3.25. The van der Waals surface area contributed by atoms with E-state index in [4.69, 9.17) is 17.3 Å². The Kier molecular flexibility index (Phi) is 5.38. The molecule has 138 valence electrons. The first kappa shape index (κ1) is 18.2. The number of rotatable bonds is 5. The zero-order valence-corrected chi connectivity index (χ0v) is 16.0. The van der Waals surface area contributed by atoms with Crippen molar-refractivity contribution in [1.82, 2.24) is 4.98 Å². The SMILES string of the molecule is NC(Nc1ncccc1-c1ccc(-c2ccccc2)cc1)c1ccc(Cl)cc1. The number of nitrogens with two attached hydrogens (primary N) is 1. The van der Waals surface area contributed by atoms with Gasteiger partial charge in [-0.1, -0.05) is 78.3 Å². The Hall–Kier alpha value is -3.14. The molecular formula is C24H20ClN3. The van der Waals surface area contributed by atoms with Gasteiger partial charge in [-0.2, -0.15) is 0 Å². The zero-order valence-electron chi connectivity index (χ0n) is 15.2. The maximum Gasteiger partial charge on any atom is 0.135 e. The standard InChI is InChI=1S/C24H20ClN3/c25-21-14-12-20(13-15-21)23(26)28-24-22(7-4-16-27-24)19-10-8-18(9-11-19)17-5-2-1-3-6-17/h1-16,23H,26H2,(H,27,28). The van der Waals surface area contributed by atoms with Crippen LogP contribution in [0.1, 0.15) is 11.7 Å². The number of halogens is 1. The first-order valence-corrected chi connectivity index (χ1v) is 9.47. The largest absolute Gasteiger partial charge is 0.350 e. The van der Waals surface area contributed by atoms with Gasteiger partial charge in [0, 0.05) is 16.8 Å². The van der Waals surface area contributed by atoms with E-state index in [1.54, 1.807) is 6.20 Å². The van der Waals surface area contributed by atoms with Gasteiger partial charge in [0.2, 0.25) is 0 Å². The van der Waals surface area contributed by atoms with Crippen LogP contribution in [0.5, 0.6) is 0 Å². The summed E-state index contributed by atoms with van der Waals surface area (Å²) in [6.45, 7) is 0. The number of pyridine rings is 1. The second-order valence-corrected chi connectivity index (χ2v) is 6.95. The van der Waals surface area contributed by atoms with Crippen LogP contribution in [0.3, 0.4) is 0 Å². The molecule has 3 N–H and O–H groups in total. The monoisotopic (exact) mass is 385 g/mol. The lowest BCUT2D eigenvalue weighted by atomic mass is 10.0. The highest BCUT2D eigenvalue weighted by Crippen LogP contribution is 2.30. The van der Waals surface area contributed by atoms with E-state index < -0.39 is 0 Å². The van der Waals surface area contributed by atoms with Crippen molar-refractivity contribution in [3.63, 3.8) is 0 Å². The zero-order chi connectivity index (χ0) is 19.3. The first-order chi connectivity index (χ1) is 13.7. The van der Waals surface area contributed by atoms with Gasteiger partial charge in [0.1, 0.15) is 12.0 Å². The Morgan fingerprint density at radius 3 is 2.07 bits per heavy atom. The molecule has 0 fully saturated rings. The molecule has 4 aromatic rings. The third-order valence-electron chi connectivity index (χ3n) is 4.63. The molecule has 0 saturated carbocycles. The highest BCUT2D eigenvalue weighted by Gasteiger charge is 2.11. The van der Waals surface area contributed by atoms with Crippen molar-refractivity contribution in [1.29, 1.82) is 0 Å². The Labute approximate surface area is 169 Å². The van der Waals surface area contributed by atoms with Crippen molar-refractivity contribution < 1.29 is 0 Å². The highest BCUT2D eigenvalue weighted by atomic mass is 35.5. The topological polar surface area (TPSA) is 50.9 Å². The van der Waals surface area contributed by atoms with Crippen molar-refractivity contribution in [2.45, 2.75) is 6.17 Å². The van der Waals surface area contributed by atoms with Gasteiger partial charge >= 0.3 is 0 Å². The summed E-state index contributed by atoms with van der Waals surface area (Å²) < 4.78 is 0. The molecule has 0 aliphatic rings. The lowest BCUT2D eigenvalue weighted by molar-refractivity contribution is 0.829. The van der Waals surface area contributed by atoms with Crippen molar-refractivity contribution in [3.05, 3.63) is 108 Å². The fourth-order valence-electron chi connectivity index (χ4n) is 3.13. The van der Waals surface area contributed by atoms with E-state index in [2.05, 4.69) is 46.7 Å². The Balaban J connectivity index is 1.60. The molecule has 28 heavy (non-hydrogen) atoms. The summed E-state index contributed by atoms with van der Waals surface area (Å²) in [6.07, 6.45) is 1.38. The van der Waals surface area contributed by atoms with Gasteiger partial charge in [0.05, 0.1) is 0 Å². The minimum Gasteiger partial charge on any atom is -0.350 e. The lowest BCUT2D eigenvalue weighted by Crippen LogP contribution is -2.21. The molecule has 0 aliphatic carbocycles. The highest BCUT2D eigenvalue weighted by molar-refractivity contribution is 6.30. The number of aromatic nitrogens is 1. The molecule has 3 nitrogen and oxygen atoms in total. The molecule has 0 bridgehead atoms. The van der Waals surface area contributed by atoms with Gasteiger partial charge in [-0.25, -0.2) is 4.98 Å². The summed E-state index contributed by atoms with van der Waals surface area (Å²) in [7, 11) is 0. The molecule has 1 aromatic heterocycles. The molecule has 3 aromatic carbocycles. The molecular weight excluding hydrogens is 366 g/mol. The smallest absolute Gasteiger partial charge is 0.135 e. The van der Waals surface area contributed by atoms with Gasteiger partial charge in [0.15, 0.2) is 0 Å². The number of nitrogens with one attached hydrogen (secondary N) is 1. The summed E-state index contributed by atoms with van der Waals surface area (Å²) in [4.78, 5) is 4.50. The van der Waals surface area contributed by atoms with Crippen LogP contribution in [0.4, 0.5) is 5.82 Å². The molecule has 1 atom stereocenters. The maximum absolute atomic E-state index is 6.33. The molecule has 0 amide bonds. The summed E-state index contributed by atoms with van der Waals surface area (Å²) in [5.74, 6) is 0.748. The quantitative estimate of drug-likeness (QED) is 0.406. The number of nitrogens with zero attached hydrogens (tertiary/aromatic N) is 1. The summed E-state index contributed by atoms with van der Waals surface area (Å²) in [6, 6.07) is 30.3. The summed E-state index contributed by atoms with van der Waals surface area (Å²) in [5, 5.41) is 4.00. The van der Waals surface area contributed by atoms with Crippen LogP contribution in [0.2, 0.25) is 5.02 Å². The van der Waals surface area contributed by atoms with Gasteiger partial charge < -0.3 is 11.1 Å². The van der Waals surface area contributed by atoms with Crippen LogP contribution >= 0.6 is 11.6 Å². The predicted molar refractivity (Wildman–Crippen MR) is 117 cm³/mol. The van der Waals surface area contributed by atoms with E-state index in [0.29, 0.717) is 5.02 Å².